The Morgan fingerprint density at radius 3 is 2.82 bits per heavy atom. The van der Waals surface area contributed by atoms with E-state index < -0.39 is 5.97 Å². The van der Waals surface area contributed by atoms with E-state index in [1.807, 2.05) is 14.0 Å². The van der Waals surface area contributed by atoms with Crippen LogP contribution in [-0.2, 0) is 11.2 Å². The lowest BCUT2D eigenvalue weighted by molar-refractivity contribution is -0.136. The first kappa shape index (κ1) is 12.3. The number of hydrogen-bond acceptors (Lipinski definition) is 3. The van der Waals surface area contributed by atoms with E-state index in [2.05, 4.69) is 30.0 Å². The molecule has 3 nitrogen and oxygen atoms in total. The predicted octanol–water partition coefficient (Wildman–Crippen LogP) is 2.63. The second-order valence-corrected chi connectivity index (χ2v) is 5.57. The van der Waals surface area contributed by atoms with Gasteiger partial charge < -0.3 is 10.0 Å². The molecule has 1 aliphatic heterocycles. The lowest BCUT2D eigenvalue weighted by atomic mass is 10.1. The SMILES string of the molecule is CCc1ccc2c(c1)SC(C(=O)O)C(C)N2C. The Balaban J connectivity index is 2.42. The maximum absolute atomic E-state index is 11.2. The lowest BCUT2D eigenvalue weighted by Gasteiger charge is -2.37. The van der Waals surface area contributed by atoms with Crippen LogP contribution in [0.2, 0.25) is 0 Å². The minimum atomic E-state index is -0.734. The number of nitrogens with zero attached hydrogens (tertiary/aromatic N) is 1. The predicted molar refractivity (Wildman–Crippen MR) is 71.0 cm³/mol. The summed E-state index contributed by atoms with van der Waals surface area (Å²) in [7, 11) is 1.96. The fourth-order valence-corrected chi connectivity index (χ4v) is 3.38. The molecule has 2 unspecified atom stereocenters. The van der Waals surface area contributed by atoms with Gasteiger partial charge in [0.15, 0.2) is 0 Å². The van der Waals surface area contributed by atoms with Crippen LogP contribution in [0.5, 0.6) is 0 Å². The van der Waals surface area contributed by atoms with Gasteiger partial charge in [0.05, 0.1) is 5.69 Å². The van der Waals surface area contributed by atoms with Gasteiger partial charge in [0.25, 0.3) is 0 Å². The molecule has 2 rings (SSSR count). The van der Waals surface area contributed by atoms with E-state index in [-0.39, 0.29) is 11.3 Å². The van der Waals surface area contributed by atoms with Gasteiger partial charge in [-0.25, -0.2) is 0 Å². The number of rotatable bonds is 2. The van der Waals surface area contributed by atoms with E-state index in [4.69, 9.17) is 0 Å². The van der Waals surface area contributed by atoms with Crippen LogP contribution in [0.1, 0.15) is 19.4 Å². The molecule has 0 radical (unpaired) electrons. The van der Waals surface area contributed by atoms with E-state index in [1.54, 1.807) is 0 Å². The zero-order chi connectivity index (χ0) is 12.6. The Hall–Kier alpha value is -1.16. The quantitative estimate of drug-likeness (QED) is 0.877. The monoisotopic (exact) mass is 251 g/mol. The Bertz CT molecular complexity index is 447. The Labute approximate surface area is 106 Å². The Kier molecular flexibility index (Phi) is 3.33. The highest BCUT2D eigenvalue weighted by atomic mass is 32.2. The molecule has 1 aromatic carbocycles. The number of aryl methyl sites for hydroxylation is 1. The van der Waals surface area contributed by atoms with Gasteiger partial charge in [-0.1, -0.05) is 13.0 Å². The van der Waals surface area contributed by atoms with Crippen molar-refractivity contribution in [3.8, 4) is 0 Å². The zero-order valence-corrected chi connectivity index (χ0v) is 11.1. The van der Waals surface area contributed by atoms with Crippen molar-refractivity contribution in [3.05, 3.63) is 23.8 Å². The van der Waals surface area contributed by atoms with Crippen molar-refractivity contribution in [1.29, 1.82) is 0 Å². The standard InChI is InChI=1S/C13H17NO2S/c1-4-9-5-6-10-11(7-9)17-12(13(15)16)8(2)14(10)3/h5-8,12H,4H2,1-3H3,(H,15,16). The van der Waals surface area contributed by atoms with Gasteiger partial charge in [0, 0.05) is 18.0 Å². The van der Waals surface area contributed by atoms with Crippen LogP contribution in [0.3, 0.4) is 0 Å². The van der Waals surface area contributed by atoms with Crippen molar-refractivity contribution in [2.75, 3.05) is 11.9 Å². The molecule has 0 bridgehead atoms. The van der Waals surface area contributed by atoms with Crippen molar-refractivity contribution in [3.63, 3.8) is 0 Å². The molecule has 1 N–H and O–H groups in total. The number of aliphatic carboxylic acids is 1. The van der Waals surface area contributed by atoms with Crippen molar-refractivity contribution in [1.82, 2.24) is 0 Å². The number of thioether (sulfide) groups is 1. The van der Waals surface area contributed by atoms with Crippen molar-refractivity contribution >= 4 is 23.4 Å². The molecule has 2 atom stereocenters. The summed E-state index contributed by atoms with van der Waals surface area (Å²) >= 11 is 1.47. The molecule has 0 amide bonds. The van der Waals surface area contributed by atoms with Crippen LogP contribution in [0, 0.1) is 0 Å². The second kappa shape index (κ2) is 4.61. The van der Waals surface area contributed by atoms with Crippen molar-refractivity contribution < 1.29 is 9.90 Å². The average Bonchev–Trinajstić information content (AvgIpc) is 2.32. The maximum Gasteiger partial charge on any atom is 0.319 e. The molecule has 0 saturated heterocycles. The van der Waals surface area contributed by atoms with Crippen LogP contribution in [-0.4, -0.2) is 29.4 Å². The smallest absolute Gasteiger partial charge is 0.319 e. The van der Waals surface area contributed by atoms with Crippen LogP contribution < -0.4 is 4.90 Å². The maximum atomic E-state index is 11.2. The summed E-state index contributed by atoms with van der Waals surface area (Å²) in [6.45, 7) is 4.07. The van der Waals surface area contributed by atoms with E-state index in [0.717, 1.165) is 17.0 Å². The van der Waals surface area contributed by atoms with Gasteiger partial charge in [-0.05, 0) is 31.0 Å². The third-order valence-corrected chi connectivity index (χ3v) is 4.79. The highest BCUT2D eigenvalue weighted by molar-refractivity contribution is 8.00. The van der Waals surface area contributed by atoms with Gasteiger partial charge >= 0.3 is 5.97 Å². The molecular weight excluding hydrogens is 234 g/mol. The van der Waals surface area contributed by atoms with Crippen molar-refractivity contribution in [2.24, 2.45) is 0 Å². The Morgan fingerprint density at radius 2 is 2.24 bits per heavy atom. The minimum absolute atomic E-state index is 0.0116. The van der Waals surface area contributed by atoms with Gasteiger partial charge in [-0.3, -0.25) is 4.79 Å². The fraction of sp³-hybridized carbons (Fsp3) is 0.462. The third-order valence-electron chi connectivity index (χ3n) is 3.36. The second-order valence-electron chi connectivity index (χ2n) is 4.38. The molecule has 92 valence electrons. The van der Waals surface area contributed by atoms with Crippen LogP contribution in [0.25, 0.3) is 0 Å². The molecule has 0 aliphatic carbocycles. The molecule has 1 heterocycles. The first-order valence-corrected chi connectivity index (χ1v) is 6.67. The molecule has 0 fully saturated rings. The van der Waals surface area contributed by atoms with Gasteiger partial charge in [-0.15, -0.1) is 11.8 Å². The van der Waals surface area contributed by atoms with Crippen LogP contribution in [0.15, 0.2) is 23.1 Å². The summed E-state index contributed by atoms with van der Waals surface area (Å²) in [5.74, 6) is -0.734. The number of benzene rings is 1. The molecule has 17 heavy (non-hydrogen) atoms. The lowest BCUT2D eigenvalue weighted by Crippen LogP contribution is -2.44. The van der Waals surface area contributed by atoms with E-state index in [9.17, 15) is 9.90 Å². The summed E-state index contributed by atoms with van der Waals surface area (Å²) < 4.78 is 0. The molecule has 4 heteroatoms. The van der Waals surface area contributed by atoms with E-state index in [0.29, 0.717) is 0 Å². The molecule has 1 aromatic rings. The number of fused-ring (bicyclic) bond motifs is 1. The first-order valence-electron chi connectivity index (χ1n) is 5.79. The highest BCUT2D eigenvalue weighted by Crippen LogP contribution is 2.41. The number of hydrogen-bond donors (Lipinski definition) is 1. The van der Waals surface area contributed by atoms with Gasteiger partial charge in [0.2, 0.25) is 0 Å². The zero-order valence-electron chi connectivity index (χ0n) is 10.3. The number of carboxylic acid groups (broad SMARTS) is 1. The van der Waals surface area contributed by atoms with Crippen LogP contribution >= 0.6 is 11.8 Å². The first-order chi connectivity index (χ1) is 8.04. The Morgan fingerprint density at radius 1 is 1.53 bits per heavy atom. The number of carboxylic acids is 1. The summed E-state index contributed by atoms with van der Waals surface area (Å²) in [4.78, 5) is 14.4. The molecule has 1 aliphatic rings. The van der Waals surface area contributed by atoms with Crippen molar-refractivity contribution in [2.45, 2.75) is 36.5 Å². The van der Waals surface area contributed by atoms with E-state index in [1.165, 1.54) is 17.3 Å². The summed E-state index contributed by atoms with van der Waals surface area (Å²) in [6.07, 6.45) is 0.977. The summed E-state index contributed by atoms with van der Waals surface area (Å²) in [5, 5.41) is 8.84. The third kappa shape index (κ3) is 2.14. The summed E-state index contributed by atoms with van der Waals surface area (Å²) in [5.41, 5.74) is 2.39. The average molecular weight is 251 g/mol. The largest absolute Gasteiger partial charge is 0.480 e. The number of carbonyl (C=O) groups is 1. The van der Waals surface area contributed by atoms with E-state index >= 15 is 0 Å². The molecule has 0 aromatic heterocycles. The fourth-order valence-electron chi connectivity index (χ4n) is 2.08. The minimum Gasteiger partial charge on any atom is -0.480 e. The van der Waals surface area contributed by atoms with Crippen LogP contribution in [0.4, 0.5) is 5.69 Å². The highest BCUT2D eigenvalue weighted by Gasteiger charge is 2.34. The van der Waals surface area contributed by atoms with Gasteiger partial charge in [-0.2, -0.15) is 0 Å². The van der Waals surface area contributed by atoms with Gasteiger partial charge in [0.1, 0.15) is 5.25 Å². The molecular formula is C13H17NO2S. The molecule has 0 spiro atoms. The topological polar surface area (TPSA) is 40.5 Å². The normalized spacial score (nSPS) is 23.4. The number of anilines is 1. The molecule has 0 saturated carbocycles. The summed E-state index contributed by atoms with van der Waals surface area (Å²) in [6, 6.07) is 6.33.